The fourth-order valence-corrected chi connectivity index (χ4v) is 0.811. The number of benzene rings is 1. The molecule has 0 aliphatic carbocycles. The molecule has 1 aromatic carbocycles. The minimum atomic E-state index is -0.249. The molecule has 0 heterocycles. The van der Waals surface area contributed by atoms with E-state index in [9.17, 15) is 0 Å². The predicted molar refractivity (Wildman–Crippen MR) is 41.9 cm³/mol. The van der Waals surface area contributed by atoms with Crippen LogP contribution >= 0.6 is 0 Å². The minimum absolute atomic E-state index is 0.249. The molecule has 0 spiro atoms. The topological polar surface area (TPSA) is 52.8 Å². The molecular formula is C8H9NO2. The second kappa shape index (κ2) is 3.73. The Labute approximate surface area is 64.6 Å². The lowest BCUT2D eigenvalue weighted by molar-refractivity contribution is 0.304. The van der Waals surface area contributed by atoms with E-state index in [1.807, 2.05) is 18.2 Å². The van der Waals surface area contributed by atoms with Crippen molar-refractivity contribution in [2.24, 2.45) is 5.16 Å². The Morgan fingerprint density at radius 2 is 1.91 bits per heavy atom. The van der Waals surface area contributed by atoms with Crippen LogP contribution in [0.25, 0.3) is 0 Å². The molecule has 0 aromatic heterocycles. The fourth-order valence-electron chi connectivity index (χ4n) is 0.811. The summed E-state index contributed by atoms with van der Waals surface area (Å²) in [5.74, 6) is 0. The Bertz CT molecular complexity index is 244. The van der Waals surface area contributed by atoms with Crippen molar-refractivity contribution in [1.29, 1.82) is 0 Å². The van der Waals surface area contributed by atoms with Crippen molar-refractivity contribution in [3.05, 3.63) is 35.9 Å². The van der Waals surface area contributed by atoms with Crippen LogP contribution in [-0.2, 0) is 0 Å². The van der Waals surface area contributed by atoms with Gasteiger partial charge in [-0.1, -0.05) is 35.5 Å². The van der Waals surface area contributed by atoms with Gasteiger partial charge in [-0.15, -0.1) is 0 Å². The third kappa shape index (κ3) is 1.78. The highest BCUT2D eigenvalue weighted by molar-refractivity contribution is 6.00. The Morgan fingerprint density at radius 1 is 1.27 bits per heavy atom. The van der Waals surface area contributed by atoms with Crippen molar-refractivity contribution in [3.8, 4) is 0 Å². The summed E-state index contributed by atoms with van der Waals surface area (Å²) in [6, 6.07) is 9.03. The van der Waals surface area contributed by atoms with Crippen LogP contribution < -0.4 is 0 Å². The molecule has 0 unspecified atom stereocenters. The van der Waals surface area contributed by atoms with Gasteiger partial charge in [0.25, 0.3) is 0 Å². The summed E-state index contributed by atoms with van der Waals surface area (Å²) in [6.45, 7) is -0.249. The molecule has 2 N–H and O–H groups in total. The highest BCUT2D eigenvalue weighted by Gasteiger charge is 1.99. The summed E-state index contributed by atoms with van der Waals surface area (Å²) >= 11 is 0. The quantitative estimate of drug-likeness (QED) is 0.374. The van der Waals surface area contributed by atoms with Crippen LogP contribution in [0.3, 0.4) is 0 Å². The van der Waals surface area contributed by atoms with Gasteiger partial charge in [-0.05, 0) is 0 Å². The maximum Gasteiger partial charge on any atom is 0.112 e. The standard InChI is InChI=1S/C8H9NO2/c10-6-8(9-11)7-4-2-1-3-5-7/h1-5,10-11H,6H2. The molecular weight excluding hydrogens is 142 g/mol. The lowest BCUT2D eigenvalue weighted by Crippen LogP contribution is -2.05. The Hall–Kier alpha value is -1.35. The molecule has 3 nitrogen and oxygen atoms in total. The third-order valence-corrected chi connectivity index (χ3v) is 1.38. The second-order valence-electron chi connectivity index (χ2n) is 2.07. The van der Waals surface area contributed by atoms with E-state index < -0.39 is 0 Å². The van der Waals surface area contributed by atoms with E-state index in [-0.39, 0.29) is 12.3 Å². The number of nitrogens with zero attached hydrogens (tertiary/aromatic N) is 1. The van der Waals surface area contributed by atoms with Gasteiger partial charge in [0.15, 0.2) is 0 Å². The van der Waals surface area contributed by atoms with Gasteiger partial charge in [0.2, 0.25) is 0 Å². The molecule has 0 radical (unpaired) electrons. The van der Waals surface area contributed by atoms with Crippen LogP contribution in [0.4, 0.5) is 0 Å². The SMILES string of the molecule is OCC(=NO)c1ccccc1. The molecule has 11 heavy (non-hydrogen) atoms. The zero-order valence-electron chi connectivity index (χ0n) is 5.94. The van der Waals surface area contributed by atoms with Gasteiger partial charge < -0.3 is 10.3 Å². The zero-order valence-corrected chi connectivity index (χ0v) is 5.94. The lowest BCUT2D eigenvalue weighted by atomic mass is 10.1. The number of hydrogen-bond acceptors (Lipinski definition) is 3. The van der Waals surface area contributed by atoms with Crippen molar-refractivity contribution in [3.63, 3.8) is 0 Å². The number of aliphatic hydroxyl groups excluding tert-OH is 1. The van der Waals surface area contributed by atoms with E-state index in [0.717, 1.165) is 5.56 Å². The Balaban J connectivity index is 2.92. The van der Waals surface area contributed by atoms with E-state index in [2.05, 4.69) is 5.16 Å². The summed E-state index contributed by atoms with van der Waals surface area (Å²) in [4.78, 5) is 0. The zero-order chi connectivity index (χ0) is 8.10. The maximum atomic E-state index is 8.69. The number of rotatable bonds is 2. The smallest absolute Gasteiger partial charge is 0.112 e. The fraction of sp³-hybridized carbons (Fsp3) is 0.125. The van der Waals surface area contributed by atoms with Crippen LogP contribution in [0.15, 0.2) is 35.5 Å². The van der Waals surface area contributed by atoms with Crippen LogP contribution in [0.2, 0.25) is 0 Å². The van der Waals surface area contributed by atoms with Gasteiger partial charge in [-0.3, -0.25) is 0 Å². The van der Waals surface area contributed by atoms with Crippen molar-refractivity contribution in [2.45, 2.75) is 0 Å². The van der Waals surface area contributed by atoms with Crippen molar-refractivity contribution in [2.75, 3.05) is 6.61 Å². The number of oxime groups is 1. The van der Waals surface area contributed by atoms with E-state index in [1.54, 1.807) is 12.1 Å². The van der Waals surface area contributed by atoms with E-state index in [1.165, 1.54) is 0 Å². The largest absolute Gasteiger partial charge is 0.411 e. The normalized spacial score (nSPS) is 11.5. The molecule has 3 heteroatoms. The first-order valence-electron chi connectivity index (χ1n) is 3.25. The average molecular weight is 151 g/mol. The van der Waals surface area contributed by atoms with Crippen LogP contribution in [0.5, 0.6) is 0 Å². The van der Waals surface area contributed by atoms with Gasteiger partial charge in [0.1, 0.15) is 5.71 Å². The monoisotopic (exact) mass is 151 g/mol. The van der Waals surface area contributed by atoms with E-state index in [0.29, 0.717) is 0 Å². The summed E-state index contributed by atoms with van der Waals surface area (Å²) in [6.07, 6.45) is 0. The molecule has 1 rings (SSSR count). The summed E-state index contributed by atoms with van der Waals surface area (Å²) in [5.41, 5.74) is 1.02. The van der Waals surface area contributed by atoms with Gasteiger partial charge in [-0.25, -0.2) is 0 Å². The minimum Gasteiger partial charge on any atom is -0.411 e. The molecule has 0 saturated carbocycles. The van der Waals surface area contributed by atoms with Crippen LogP contribution in [0.1, 0.15) is 5.56 Å². The molecule has 0 saturated heterocycles. The Kier molecular flexibility index (Phi) is 2.63. The van der Waals surface area contributed by atoms with Crippen molar-refractivity contribution >= 4 is 5.71 Å². The lowest BCUT2D eigenvalue weighted by Gasteiger charge is -1.98. The highest BCUT2D eigenvalue weighted by Crippen LogP contribution is 1.99. The van der Waals surface area contributed by atoms with Crippen molar-refractivity contribution < 1.29 is 10.3 Å². The first-order valence-corrected chi connectivity index (χ1v) is 3.25. The van der Waals surface area contributed by atoms with Gasteiger partial charge >= 0.3 is 0 Å². The molecule has 0 fully saturated rings. The first kappa shape index (κ1) is 7.75. The molecule has 58 valence electrons. The second-order valence-corrected chi connectivity index (χ2v) is 2.07. The summed E-state index contributed by atoms with van der Waals surface area (Å²) in [5, 5.41) is 20.0. The van der Waals surface area contributed by atoms with Crippen LogP contribution in [0, 0.1) is 0 Å². The number of hydrogen-bond donors (Lipinski definition) is 2. The summed E-state index contributed by atoms with van der Waals surface area (Å²) < 4.78 is 0. The summed E-state index contributed by atoms with van der Waals surface area (Å²) in [7, 11) is 0. The van der Waals surface area contributed by atoms with Gasteiger partial charge in [0.05, 0.1) is 6.61 Å². The average Bonchev–Trinajstić information content (AvgIpc) is 2.09. The van der Waals surface area contributed by atoms with E-state index in [4.69, 9.17) is 10.3 Å². The van der Waals surface area contributed by atoms with Crippen LogP contribution in [-0.4, -0.2) is 22.6 Å². The third-order valence-electron chi connectivity index (χ3n) is 1.38. The van der Waals surface area contributed by atoms with E-state index >= 15 is 0 Å². The van der Waals surface area contributed by atoms with Gasteiger partial charge in [0, 0.05) is 5.56 Å². The molecule has 0 atom stereocenters. The predicted octanol–water partition coefficient (Wildman–Crippen LogP) is 0.857. The highest BCUT2D eigenvalue weighted by atomic mass is 16.4. The van der Waals surface area contributed by atoms with Gasteiger partial charge in [-0.2, -0.15) is 0 Å². The maximum absolute atomic E-state index is 8.69. The molecule has 0 aliphatic heterocycles. The molecule has 0 aliphatic rings. The first-order chi connectivity index (χ1) is 5.38. The number of aliphatic hydroxyl groups is 1. The molecule has 1 aromatic rings. The molecule has 0 bridgehead atoms. The van der Waals surface area contributed by atoms with Crippen molar-refractivity contribution in [1.82, 2.24) is 0 Å². The molecule has 0 amide bonds. The Morgan fingerprint density at radius 3 is 2.36 bits per heavy atom.